The molecule has 1 N–H and O–H groups in total. The fraction of sp³-hybridized carbons (Fsp3) is 0.188. The van der Waals surface area contributed by atoms with Crippen molar-refractivity contribution in [2.24, 2.45) is 0 Å². The number of carboxylic acids is 1. The molecule has 0 aliphatic rings. The molecule has 0 saturated carbocycles. The second-order valence-corrected chi connectivity index (χ2v) is 4.97. The van der Waals surface area contributed by atoms with Gasteiger partial charge in [0.15, 0.2) is 11.5 Å². The van der Waals surface area contributed by atoms with Crippen LogP contribution in [0.15, 0.2) is 47.4 Å². The molecule has 0 heterocycles. The third-order valence-electron chi connectivity index (χ3n) is 2.79. The molecule has 0 saturated heterocycles. The number of aromatic carboxylic acids is 1. The Hall–Kier alpha value is -2.14. The Morgan fingerprint density at radius 3 is 2.38 bits per heavy atom. The number of benzene rings is 2. The third-order valence-corrected chi connectivity index (χ3v) is 3.57. The second kappa shape index (κ2) is 7.04. The van der Waals surface area contributed by atoms with E-state index in [0.717, 1.165) is 0 Å². The van der Waals surface area contributed by atoms with Crippen molar-refractivity contribution >= 4 is 17.7 Å². The molecule has 2 aromatic carbocycles. The summed E-state index contributed by atoms with van der Waals surface area (Å²) in [5.74, 6) is 0.386. The van der Waals surface area contributed by atoms with Gasteiger partial charge in [0.1, 0.15) is 11.3 Å². The lowest BCUT2D eigenvalue weighted by Crippen LogP contribution is -2.03. The highest BCUT2D eigenvalue weighted by Crippen LogP contribution is 2.36. The van der Waals surface area contributed by atoms with Gasteiger partial charge in [0.05, 0.1) is 6.61 Å². The molecule has 4 nitrogen and oxygen atoms in total. The highest BCUT2D eigenvalue weighted by Gasteiger charge is 2.18. The van der Waals surface area contributed by atoms with E-state index >= 15 is 0 Å². The van der Waals surface area contributed by atoms with Gasteiger partial charge in [-0.1, -0.05) is 18.2 Å². The first-order valence-electron chi connectivity index (χ1n) is 6.47. The van der Waals surface area contributed by atoms with Crippen molar-refractivity contribution in [3.05, 3.63) is 48.0 Å². The average molecular weight is 304 g/mol. The fourth-order valence-electron chi connectivity index (χ4n) is 1.90. The first-order chi connectivity index (χ1) is 10.2. The number of hydrogen-bond acceptors (Lipinski definition) is 4. The Kier molecular flexibility index (Phi) is 5.11. The Morgan fingerprint density at radius 2 is 1.76 bits per heavy atom. The number of carbonyl (C=O) groups is 1. The molecule has 110 valence electrons. The minimum atomic E-state index is -1.01. The molecule has 2 rings (SSSR count). The lowest BCUT2D eigenvalue weighted by molar-refractivity contribution is 0.0690. The highest BCUT2D eigenvalue weighted by atomic mass is 32.2. The molecule has 5 heteroatoms. The van der Waals surface area contributed by atoms with Gasteiger partial charge in [0, 0.05) is 4.90 Å². The monoisotopic (exact) mass is 304 g/mol. The molecule has 0 radical (unpaired) electrons. The Balaban J connectivity index is 2.42. The quantitative estimate of drug-likeness (QED) is 0.806. The van der Waals surface area contributed by atoms with E-state index in [0.29, 0.717) is 28.8 Å². The smallest absolute Gasteiger partial charge is 0.340 e. The minimum absolute atomic E-state index is 0.163. The lowest BCUT2D eigenvalue weighted by atomic mass is 10.2. The topological polar surface area (TPSA) is 55.8 Å². The van der Waals surface area contributed by atoms with Gasteiger partial charge in [0.25, 0.3) is 0 Å². The van der Waals surface area contributed by atoms with Crippen molar-refractivity contribution in [2.75, 3.05) is 12.9 Å². The average Bonchev–Trinajstić information content (AvgIpc) is 2.49. The van der Waals surface area contributed by atoms with Gasteiger partial charge in [0.2, 0.25) is 0 Å². The van der Waals surface area contributed by atoms with Gasteiger partial charge < -0.3 is 14.6 Å². The first-order valence-corrected chi connectivity index (χ1v) is 7.69. The number of thioether (sulfide) groups is 1. The van der Waals surface area contributed by atoms with Gasteiger partial charge >= 0.3 is 5.97 Å². The van der Waals surface area contributed by atoms with E-state index in [2.05, 4.69) is 0 Å². The maximum atomic E-state index is 11.5. The third kappa shape index (κ3) is 3.49. The first kappa shape index (κ1) is 15.3. The van der Waals surface area contributed by atoms with Crippen molar-refractivity contribution in [2.45, 2.75) is 11.8 Å². The van der Waals surface area contributed by atoms with Crippen LogP contribution in [-0.2, 0) is 0 Å². The molecule has 2 aromatic rings. The lowest BCUT2D eigenvalue weighted by Gasteiger charge is -2.14. The molecule has 0 atom stereocenters. The Bertz CT molecular complexity index is 640. The SMILES string of the molecule is CCOc1ccccc1Oc1cccc(SC)c1C(=O)O. The van der Waals surface area contributed by atoms with Gasteiger partial charge in [-0.25, -0.2) is 4.79 Å². The second-order valence-electron chi connectivity index (χ2n) is 4.12. The Morgan fingerprint density at radius 1 is 1.10 bits per heavy atom. The van der Waals surface area contributed by atoms with Crippen LogP contribution in [0.3, 0.4) is 0 Å². The molecule has 0 amide bonds. The summed E-state index contributed by atoms with van der Waals surface area (Å²) in [7, 11) is 0. The van der Waals surface area contributed by atoms with E-state index < -0.39 is 5.97 Å². The van der Waals surface area contributed by atoms with Crippen LogP contribution in [-0.4, -0.2) is 23.9 Å². The minimum Gasteiger partial charge on any atom is -0.490 e. The summed E-state index contributed by atoms with van der Waals surface area (Å²) in [6, 6.07) is 12.4. The van der Waals surface area contributed by atoms with E-state index in [1.807, 2.05) is 25.3 Å². The Labute approximate surface area is 127 Å². The summed E-state index contributed by atoms with van der Waals surface area (Å²) < 4.78 is 11.3. The standard InChI is InChI=1S/C16H16O4S/c1-3-19-11-7-4-5-8-12(11)20-13-9-6-10-14(21-2)15(13)16(17)18/h4-10H,3H2,1-2H3,(H,17,18). The van der Waals surface area contributed by atoms with Crippen LogP contribution < -0.4 is 9.47 Å². The number of rotatable bonds is 6. The molecular formula is C16H16O4S. The highest BCUT2D eigenvalue weighted by molar-refractivity contribution is 7.98. The molecule has 0 bridgehead atoms. The zero-order valence-corrected chi connectivity index (χ0v) is 12.6. The molecule has 0 aliphatic heterocycles. The fourth-order valence-corrected chi connectivity index (χ4v) is 2.51. The molecule has 0 spiro atoms. The molecular weight excluding hydrogens is 288 g/mol. The van der Waals surface area contributed by atoms with Gasteiger partial charge in [-0.05, 0) is 37.4 Å². The van der Waals surface area contributed by atoms with E-state index in [-0.39, 0.29) is 5.56 Å². The van der Waals surface area contributed by atoms with E-state index in [4.69, 9.17) is 9.47 Å². The summed E-state index contributed by atoms with van der Waals surface area (Å²) in [6.07, 6.45) is 1.83. The number of ether oxygens (including phenoxy) is 2. The van der Waals surface area contributed by atoms with Crippen LogP contribution in [0.2, 0.25) is 0 Å². The van der Waals surface area contributed by atoms with Crippen LogP contribution in [0.4, 0.5) is 0 Å². The summed E-state index contributed by atoms with van der Waals surface area (Å²) >= 11 is 1.37. The summed E-state index contributed by atoms with van der Waals surface area (Å²) in [4.78, 5) is 12.1. The zero-order chi connectivity index (χ0) is 15.2. The van der Waals surface area contributed by atoms with Crippen molar-refractivity contribution in [3.8, 4) is 17.2 Å². The van der Waals surface area contributed by atoms with E-state index in [9.17, 15) is 9.90 Å². The molecule has 0 aliphatic carbocycles. The van der Waals surface area contributed by atoms with Crippen LogP contribution in [0, 0.1) is 0 Å². The van der Waals surface area contributed by atoms with Crippen molar-refractivity contribution in [1.29, 1.82) is 0 Å². The number of para-hydroxylation sites is 2. The van der Waals surface area contributed by atoms with Gasteiger partial charge in [-0.15, -0.1) is 11.8 Å². The molecule has 0 unspecified atom stereocenters. The van der Waals surface area contributed by atoms with Crippen LogP contribution in [0.1, 0.15) is 17.3 Å². The van der Waals surface area contributed by atoms with E-state index in [1.165, 1.54) is 11.8 Å². The van der Waals surface area contributed by atoms with Gasteiger partial charge in [-0.2, -0.15) is 0 Å². The van der Waals surface area contributed by atoms with Gasteiger partial charge in [-0.3, -0.25) is 0 Å². The predicted octanol–water partition coefficient (Wildman–Crippen LogP) is 4.30. The van der Waals surface area contributed by atoms with Crippen molar-refractivity contribution < 1.29 is 19.4 Å². The normalized spacial score (nSPS) is 10.2. The van der Waals surface area contributed by atoms with Crippen molar-refractivity contribution in [1.82, 2.24) is 0 Å². The maximum Gasteiger partial charge on any atom is 0.340 e. The van der Waals surface area contributed by atoms with E-state index in [1.54, 1.807) is 30.3 Å². The molecule has 0 fully saturated rings. The number of hydrogen-bond donors (Lipinski definition) is 1. The van der Waals surface area contributed by atoms with Crippen LogP contribution in [0.5, 0.6) is 17.2 Å². The zero-order valence-electron chi connectivity index (χ0n) is 11.8. The summed E-state index contributed by atoms with van der Waals surface area (Å²) in [5.41, 5.74) is 0.163. The predicted molar refractivity (Wildman–Crippen MR) is 82.9 cm³/mol. The molecule has 0 aromatic heterocycles. The number of carboxylic acid groups (broad SMARTS) is 1. The molecule has 21 heavy (non-hydrogen) atoms. The van der Waals surface area contributed by atoms with Crippen LogP contribution in [0.25, 0.3) is 0 Å². The largest absolute Gasteiger partial charge is 0.490 e. The maximum absolute atomic E-state index is 11.5. The van der Waals surface area contributed by atoms with Crippen LogP contribution >= 0.6 is 11.8 Å². The summed E-state index contributed by atoms with van der Waals surface area (Å²) in [6.45, 7) is 2.39. The van der Waals surface area contributed by atoms with Crippen molar-refractivity contribution in [3.63, 3.8) is 0 Å². The summed E-state index contributed by atoms with van der Waals surface area (Å²) in [5, 5.41) is 9.40.